The zero-order chi connectivity index (χ0) is 13.8. The topological polar surface area (TPSA) is 48.3 Å². The van der Waals surface area contributed by atoms with Crippen LogP contribution in [-0.2, 0) is 13.6 Å². The summed E-state index contributed by atoms with van der Waals surface area (Å²) in [6.07, 6.45) is 0. The first-order valence-electron chi connectivity index (χ1n) is 6.10. The van der Waals surface area contributed by atoms with Crippen LogP contribution in [0.4, 0.5) is 5.82 Å². The molecule has 0 aliphatic carbocycles. The van der Waals surface area contributed by atoms with Gasteiger partial charge in [0.1, 0.15) is 5.82 Å². The molecule has 19 heavy (non-hydrogen) atoms. The van der Waals surface area contributed by atoms with Crippen LogP contribution in [0.5, 0.6) is 11.5 Å². The Morgan fingerprint density at radius 1 is 1.26 bits per heavy atom. The summed E-state index contributed by atoms with van der Waals surface area (Å²) in [6, 6.07) is 7.84. The van der Waals surface area contributed by atoms with Gasteiger partial charge in [0, 0.05) is 30.9 Å². The lowest BCUT2D eigenvalue weighted by Crippen LogP contribution is -2.03. The number of para-hydroxylation sites is 1. The van der Waals surface area contributed by atoms with Gasteiger partial charge in [0.2, 0.25) is 0 Å². The lowest BCUT2D eigenvalue weighted by molar-refractivity contribution is 0.352. The van der Waals surface area contributed by atoms with Crippen molar-refractivity contribution in [3.63, 3.8) is 0 Å². The van der Waals surface area contributed by atoms with Gasteiger partial charge in [0.25, 0.3) is 0 Å². The molecule has 5 nitrogen and oxygen atoms in total. The highest BCUT2D eigenvalue weighted by molar-refractivity contribution is 5.48. The molecular weight excluding hydrogens is 242 g/mol. The van der Waals surface area contributed by atoms with Gasteiger partial charge in [0.05, 0.1) is 14.2 Å². The molecular formula is C14H19N3O2. The maximum atomic E-state index is 5.39. The number of aryl methyl sites for hydroxylation is 2. The number of benzene rings is 1. The van der Waals surface area contributed by atoms with Gasteiger partial charge in [-0.15, -0.1) is 0 Å². The average Bonchev–Trinajstić information content (AvgIpc) is 2.74. The minimum Gasteiger partial charge on any atom is -0.493 e. The van der Waals surface area contributed by atoms with Crippen molar-refractivity contribution >= 4 is 5.82 Å². The second kappa shape index (κ2) is 5.65. The number of nitrogens with one attached hydrogen (secondary N) is 1. The molecule has 1 heterocycles. The Kier molecular flexibility index (Phi) is 3.94. The first-order valence-corrected chi connectivity index (χ1v) is 6.10. The second-order valence-electron chi connectivity index (χ2n) is 4.30. The van der Waals surface area contributed by atoms with Gasteiger partial charge in [-0.2, -0.15) is 5.10 Å². The fourth-order valence-corrected chi connectivity index (χ4v) is 1.93. The largest absolute Gasteiger partial charge is 0.493 e. The van der Waals surface area contributed by atoms with Crippen molar-refractivity contribution in [3.8, 4) is 11.5 Å². The van der Waals surface area contributed by atoms with Crippen LogP contribution in [0.2, 0.25) is 0 Å². The van der Waals surface area contributed by atoms with Crippen molar-refractivity contribution in [1.29, 1.82) is 0 Å². The molecule has 0 amide bonds. The van der Waals surface area contributed by atoms with Crippen LogP contribution < -0.4 is 14.8 Å². The highest BCUT2D eigenvalue weighted by atomic mass is 16.5. The number of hydrogen-bond acceptors (Lipinski definition) is 4. The Morgan fingerprint density at radius 3 is 2.63 bits per heavy atom. The predicted molar refractivity (Wildman–Crippen MR) is 74.8 cm³/mol. The summed E-state index contributed by atoms with van der Waals surface area (Å²) in [5.41, 5.74) is 2.14. The molecule has 0 unspecified atom stereocenters. The number of anilines is 1. The summed E-state index contributed by atoms with van der Waals surface area (Å²) >= 11 is 0. The number of hydrogen-bond donors (Lipinski definition) is 1. The van der Waals surface area contributed by atoms with E-state index < -0.39 is 0 Å². The molecule has 0 spiro atoms. The molecule has 1 aromatic heterocycles. The van der Waals surface area contributed by atoms with Crippen LogP contribution in [0, 0.1) is 6.92 Å². The molecule has 0 radical (unpaired) electrons. The second-order valence-corrected chi connectivity index (χ2v) is 4.30. The lowest BCUT2D eigenvalue weighted by atomic mass is 10.2. The number of rotatable bonds is 5. The maximum Gasteiger partial charge on any atom is 0.165 e. The van der Waals surface area contributed by atoms with E-state index in [1.165, 1.54) is 0 Å². The summed E-state index contributed by atoms with van der Waals surface area (Å²) in [5, 5.41) is 7.64. The molecule has 0 aliphatic rings. The Labute approximate surface area is 113 Å². The van der Waals surface area contributed by atoms with Crippen molar-refractivity contribution in [3.05, 3.63) is 35.5 Å². The molecule has 2 rings (SSSR count). The molecule has 1 aromatic carbocycles. The fourth-order valence-electron chi connectivity index (χ4n) is 1.93. The van der Waals surface area contributed by atoms with Gasteiger partial charge in [-0.1, -0.05) is 12.1 Å². The number of aromatic nitrogens is 2. The molecule has 0 atom stereocenters. The summed E-state index contributed by atoms with van der Waals surface area (Å²) < 4.78 is 12.5. The van der Waals surface area contributed by atoms with Crippen molar-refractivity contribution in [1.82, 2.24) is 9.78 Å². The van der Waals surface area contributed by atoms with Crippen LogP contribution in [-0.4, -0.2) is 24.0 Å². The van der Waals surface area contributed by atoms with E-state index in [0.29, 0.717) is 6.54 Å². The van der Waals surface area contributed by atoms with Crippen LogP contribution >= 0.6 is 0 Å². The van der Waals surface area contributed by atoms with Crippen LogP contribution in [0.3, 0.4) is 0 Å². The van der Waals surface area contributed by atoms with E-state index in [1.54, 1.807) is 14.2 Å². The summed E-state index contributed by atoms with van der Waals surface area (Å²) in [5.74, 6) is 2.34. The number of methoxy groups -OCH3 is 2. The highest BCUT2D eigenvalue weighted by Crippen LogP contribution is 2.31. The van der Waals surface area contributed by atoms with Crippen LogP contribution in [0.15, 0.2) is 24.3 Å². The van der Waals surface area contributed by atoms with E-state index in [0.717, 1.165) is 28.6 Å². The standard InChI is InChI=1S/C14H19N3O2/c1-10-8-13(16-17(10)2)15-9-11-6-5-7-12(18-3)14(11)19-4/h5-8H,9H2,1-4H3,(H,15,16). The van der Waals surface area contributed by atoms with Crippen molar-refractivity contribution < 1.29 is 9.47 Å². The van der Waals surface area contributed by atoms with Crippen molar-refractivity contribution in [2.75, 3.05) is 19.5 Å². The van der Waals surface area contributed by atoms with E-state index in [2.05, 4.69) is 10.4 Å². The SMILES string of the molecule is COc1cccc(CNc2cc(C)n(C)n2)c1OC. The molecule has 0 saturated carbocycles. The van der Waals surface area contributed by atoms with E-state index in [-0.39, 0.29) is 0 Å². The number of nitrogens with zero attached hydrogens (tertiary/aromatic N) is 2. The minimum atomic E-state index is 0.636. The molecule has 1 N–H and O–H groups in total. The zero-order valence-corrected chi connectivity index (χ0v) is 11.7. The average molecular weight is 261 g/mol. The third-order valence-corrected chi connectivity index (χ3v) is 3.06. The summed E-state index contributed by atoms with van der Waals surface area (Å²) in [4.78, 5) is 0. The van der Waals surface area contributed by atoms with Gasteiger partial charge >= 0.3 is 0 Å². The van der Waals surface area contributed by atoms with E-state index in [4.69, 9.17) is 9.47 Å². The van der Waals surface area contributed by atoms with Gasteiger partial charge in [0.15, 0.2) is 11.5 Å². The van der Waals surface area contributed by atoms with Crippen molar-refractivity contribution in [2.45, 2.75) is 13.5 Å². The maximum absolute atomic E-state index is 5.39. The fraction of sp³-hybridized carbons (Fsp3) is 0.357. The smallest absolute Gasteiger partial charge is 0.165 e. The molecule has 0 fully saturated rings. The normalized spacial score (nSPS) is 10.3. The monoisotopic (exact) mass is 261 g/mol. The third-order valence-electron chi connectivity index (χ3n) is 3.06. The first kappa shape index (κ1) is 13.3. The summed E-state index contributed by atoms with van der Waals surface area (Å²) in [6.45, 7) is 2.65. The quantitative estimate of drug-likeness (QED) is 0.897. The van der Waals surface area contributed by atoms with Gasteiger partial charge in [-0.25, -0.2) is 0 Å². The minimum absolute atomic E-state index is 0.636. The predicted octanol–water partition coefficient (Wildman–Crippen LogP) is 2.36. The Balaban J connectivity index is 2.15. The highest BCUT2D eigenvalue weighted by Gasteiger charge is 2.09. The molecule has 102 valence electrons. The Hall–Kier alpha value is -2.17. The summed E-state index contributed by atoms with van der Waals surface area (Å²) in [7, 11) is 5.20. The molecule has 0 aliphatic heterocycles. The van der Waals surface area contributed by atoms with Gasteiger partial charge in [-0.3, -0.25) is 4.68 Å². The molecule has 0 bridgehead atoms. The van der Waals surface area contributed by atoms with Crippen LogP contribution in [0.1, 0.15) is 11.3 Å². The van der Waals surface area contributed by atoms with Gasteiger partial charge < -0.3 is 14.8 Å². The van der Waals surface area contributed by atoms with Crippen LogP contribution in [0.25, 0.3) is 0 Å². The molecule has 2 aromatic rings. The Bertz CT molecular complexity index is 544. The van der Waals surface area contributed by atoms with E-state index in [9.17, 15) is 0 Å². The lowest BCUT2D eigenvalue weighted by Gasteiger charge is -2.12. The molecule has 0 saturated heterocycles. The Morgan fingerprint density at radius 2 is 2.05 bits per heavy atom. The van der Waals surface area contributed by atoms with Gasteiger partial charge in [-0.05, 0) is 13.0 Å². The van der Waals surface area contributed by atoms with Crippen molar-refractivity contribution in [2.24, 2.45) is 7.05 Å². The first-order chi connectivity index (χ1) is 9.15. The molecule has 5 heteroatoms. The zero-order valence-electron chi connectivity index (χ0n) is 11.7. The number of ether oxygens (including phenoxy) is 2. The van der Waals surface area contributed by atoms with E-state index >= 15 is 0 Å². The van der Waals surface area contributed by atoms with E-state index in [1.807, 2.05) is 42.9 Å². The third kappa shape index (κ3) is 2.81.